The molecule has 244 valence electrons. The van der Waals surface area contributed by atoms with Gasteiger partial charge >= 0.3 is 0 Å². The summed E-state index contributed by atoms with van der Waals surface area (Å²) >= 11 is 1.28. The zero-order valence-electron chi connectivity index (χ0n) is 26.4. The molecule has 0 spiro atoms. The molecule has 0 saturated heterocycles. The number of sulfone groups is 1. The Labute approximate surface area is 266 Å². The zero-order valence-corrected chi connectivity index (χ0v) is 28.0. The van der Waals surface area contributed by atoms with Crippen LogP contribution >= 0.6 is 11.3 Å². The van der Waals surface area contributed by atoms with Crippen molar-refractivity contribution in [1.82, 2.24) is 15.6 Å². The second-order valence-electron chi connectivity index (χ2n) is 13.9. The molecule has 2 saturated carbocycles. The third-order valence-electron chi connectivity index (χ3n) is 9.32. The summed E-state index contributed by atoms with van der Waals surface area (Å²) < 4.78 is 25.5. The molecule has 1 aromatic carbocycles. The molecule has 9 nitrogen and oxygen atoms in total. The quantitative estimate of drug-likeness (QED) is 0.241. The molecule has 0 bridgehead atoms. The van der Waals surface area contributed by atoms with Gasteiger partial charge in [-0.1, -0.05) is 62.4 Å². The van der Waals surface area contributed by atoms with Crippen LogP contribution in [0.1, 0.15) is 90.3 Å². The maximum atomic E-state index is 14.2. The minimum absolute atomic E-state index is 0.0175. The lowest BCUT2D eigenvalue weighted by atomic mass is 9.82. The van der Waals surface area contributed by atoms with E-state index < -0.39 is 56.1 Å². The number of aromatic nitrogens is 1. The predicted molar refractivity (Wildman–Crippen MR) is 173 cm³/mol. The summed E-state index contributed by atoms with van der Waals surface area (Å²) in [7, 11) is -3.69. The average Bonchev–Trinajstić information content (AvgIpc) is 3.68. The van der Waals surface area contributed by atoms with Crippen molar-refractivity contribution < 1.29 is 28.2 Å². The number of benzene rings is 1. The Bertz CT molecular complexity index is 1340. The lowest BCUT2D eigenvalue weighted by Crippen LogP contribution is -2.60. The van der Waals surface area contributed by atoms with Gasteiger partial charge in [-0.3, -0.25) is 9.59 Å². The fourth-order valence-corrected chi connectivity index (χ4v) is 7.98. The van der Waals surface area contributed by atoms with Crippen LogP contribution in [0.3, 0.4) is 0 Å². The highest BCUT2D eigenvalue weighted by atomic mass is 32.2. The van der Waals surface area contributed by atoms with E-state index in [1.165, 1.54) is 17.8 Å². The van der Waals surface area contributed by atoms with E-state index in [-0.39, 0.29) is 18.1 Å². The van der Waals surface area contributed by atoms with Gasteiger partial charge in [-0.25, -0.2) is 13.4 Å². The summed E-state index contributed by atoms with van der Waals surface area (Å²) in [5.41, 5.74) is 1.05. The molecule has 44 heavy (non-hydrogen) atoms. The number of carbonyl (C=O) groups is 2. The summed E-state index contributed by atoms with van der Waals surface area (Å²) in [6.45, 7) is 6.40. The summed E-state index contributed by atoms with van der Waals surface area (Å²) in [6.07, 6.45) is 5.66. The van der Waals surface area contributed by atoms with E-state index in [4.69, 9.17) is 0 Å². The lowest BCUT2D eigenvalue weighted by molar-refractivity contribution is -0.136. The van der Waals surface area contributed by atoms with Gasteiger partial charge in [0, 0.05) is 5.38 Å². The van der Waals surface area contributed by atoms with Crippen LogP contribution in [-0.2, 0) is 31.4 Å². The number of amides is 2. The fourth-order valence-electron chi connectivity index (χ4n) is 6.02. The molecule has 2 fully saturated rings. The average molecular weight is 648 g/mol. The number of aliphatic hydroxyl groups excluding tert-OH is 2. The molecule has 4 rings (SSSR count). The summed E-state index contributed by atoms with van der Waals surface area (Å²) in [6, 6.07) is 8.51. The molecule has 5 atom stereocenters. The van der Waals surface area contributed by atoms with Crippen LogP contribution < -0.4 is 10.6 Å². The summed E-state index contributed by atoms with van der Waals surface area (Å²) in [5.74, 6) is -2.15. The molecule has 2 aromatic rings. The molecular formula is C33H49N3O6S2. The van der Waals surface area contributed by atoms with Crippen molar-refractivity contribution in [2.45, 2.75) is 114 Å². The number of hydrogen-bond acceptors (Lipinski definition) is 8. The highest BCUT2D eigenvalue weighted by molar-refractivity contribution is 7.92. The normalized spacial score (nSPS) is 20.6. The summed E-state index contributed by atoms with van der Waals surface area (Å²) in [4.78, 5) is 32.6. The van der Waals surface area contributed by atoms with Gasteiger partial charge in [0.1, 0.15) is 6.10 Å². The first-order chi connectivity index (χ1) is 20.7. The van der Waals surface area contributed by atoms with Gasteiger partial charge in [0.15, 0.2) is 15.4 Å². The van der Waals surface area contributed by atoms with E-state index in [0.29, 0.717) is 18.0 Å². The first kappa shape index (κ1) is 34.5. The number of carbonyl (C=O) groups excluding carboxylic acids is 2. The van der Waals surface area contributed by atoms with E-state index >= 15 is 0 Å². The number of rotatable bonds is 14. The topological polar surface area (TPSA) is 146 Å². The van der Waals surface area contributed by atoms with E-state index in [1.54, 1.807) is 38.6 Å². The number of thiazole rings is 1. The first-order valence-electron chi connectivity index (χ1n) is 15.9. The molecule has 2 aliphatic carbocycles. The molecule has 4 N–H and O–H groups in total. The Kier molecular flexibility index (Phi) is 11.3. The van der Waals surface area contributed by atoms with E-state index in [9.17, 15) is 28.2 Å². The molecule has 11 heteroatoms. The van der Waals surface area contributed by atoms with Crippen molar-refractivity contribution in [3.63, 3.8) is 0 Å². The maximum Gasteiger partial charge on any atom is 0.252 e. The highest BCUT2D eigenvalue weighted by Crippen LogP contribution is 2.36. The second kappa shape index (κ2) is 14.4. The largest absolute Gasteiger partial charge is 0.390 e. The summed E-state index contributed by atoms with van der Waals surface area (Å²) in [5, 5.41) is 29.7. The Balaban J connectivity index is 1.61. The number of aliphatic hydroxyl groups is 2. The second-order valence-corrected chi connectivity index (χ2v) is 17.4. The fraction of sp³-hybridized carbons (Fsp3) is 0.667. The SMILES string of the molecule is CC(C)(C)S(=O)(=O)C[C@@H](Cc1ccccc1)C(=O)N[C@](C)(C(=O)N[C@@H](CC1CCCCC1)[C@@H](O)[C@@H](O)C1CC1)c1cscn1. The minimum Gasteiger partial charge on any atom is -0.390 e. The molecule has 0 aliphatic heterocycles. The molecule has 1 heterocycles. The molecule has 1 aromatic heterocycles. The van der Waals surface area contributed by atoms with Gasteiger partial charge in [-0.05, 0) is 70.8 Å². The van der Waals surface area contributed by atoms with Gasteiger partial charge in [0.25, 0.3) is 5.91 Å². The predicted octanol–water partition coefficient (Wildman–Crippen LogP) is 4.13. The van der Waals surface area contributed by atoms with Gasteiger partial charge in [0.05, 0.1) is 39.8 Å². The Morgan fingerprint density at radius 2 is 1.68 bits per heavy atom. The highest BCUT2D eigenvalue weighted by Gasteiger charge is 2.45. The van der Waals surface area contributed by atoms with Gasteiger partial charge < -0.3 is 20.8 Å². The van der Waals surface area contributed by atoms with Crippen LogP contribution in [0, 0.1) is 17.8 Å². The Morgan fingerprint density at radius 1 is 1.02 bits per heavy atom. The van der Waals surface area contributed by atoms with Crippen LogP contribution in [0.5, 0.6) is 0 Å². The zero-order chi connectivity index (χ0) is 32.1. The Morgan fingerprint density at radius 3 is 2.25 bits per heavy atom. The van der Waals surface area contributed by atoms with Gasteiger partial charge in [-0.15, -0.1) is 11.3 Å². The smallest absolute Gasteiger partial charge is 0.252 e. The molecule has 0 radical (unpaired) electrons. The van der Waals surface area contributed by atoms with Crippen molar-refractivity contribution in [2.24, 2.45) is 17.8 Å². The molecule has 0 unspecified atom stereocenters. The first-order valence-corrected chi connectivity index (χ1v) is 18.4. The Hall–Kier alpha value is -2.34. The van der Waals surface area contributed by atoms with E-state index in [1.807, 2.05) is 30.3 Å². The standard InChI is InChI=1S/C33H49N3O6S2/c1-32(2,3)44(41,42)20-25(17-22-11-7-5-8-12-22)30(39)36-33(4,27-19-43-21-34-27)31(40)35-26(18-23-13-9-6-10-14-23)29(38)28(37)24-15-16-24/h5,7-8,11-12,19,21,23-26,28-29,37-38H,6,9-10,13-18,20H2,1-4H3,(H,35,40)(H,36,39)/t25-,26+,28+,29-,33+/m1/s1. The van der Waals surface area contributed by atoms with Crippen molar-refractivity contribution in [3.8, 4) is 0 Å². The maximum absolute atomic E-state index is 14.2. The molecule has 2 amide bonds. The van der Waals surface area contributed by atoms with Gasteiger partial charge in [-0.2, -0.15) is 0 Å². The van der Waals surface area contributed by atoms with Crippen molar-refractivity contribution >= 4 is 33.0 Å². The van der Waals surface area contributed by atoms with Crippen molar-refractivity contribution in [2.75, 3.05) is 5.75 Å². The van der Waals surface area contributed by atoms with Crippen LogP contribution in [0.15, 0.2) is 41.2 Å². The minimum atomic E-state index is -3.69. The molecular weight excluding hydrogens is 599 g/mol. The van der Waals surface area contributed by atoms with Gasteiger partial charge in [0.2, 0.25) is 5.91 Å². The molecule has 2 aliphatic rings. The third kappa shape index (κ3) is 8.68. The van der Waals surface area contributed by atoms with Crippen LogP contribution in [0.2, 0.25) is 0 Å². The van der Waals surface area contributed by atoms with E-state index in [0.717, 1.165) is 44.1 Å². The van der Waals surface area contributed by atoms with Crippen LogP contribution in [0.25, 0.3) is 0 Å². The number of nitrogens with zero attached hydrogens (tertiary/aromatic N) is 1. The third-order valence-corrected chi connectivity index (χ3v) is 12.6. The van der Waals surface area contributed by atoms with E-state index in [2.05, 4.69) is 15.6 Å². The lowest BCUT2D eigenvalue weighted by Gasteiger charge is -2.36. The van der Waals surface area contributed by atoms with Crippen molar-refractivity contribution in [1.29, 1.82) is 0 Å². The monoisotopic (exact) mass is 647 g/mol. The number of nitrogens with one attached hydrogen (secondary N) is 2. The number of hydrogen-bond donors (Lipinski definition) is 4. The van der Waals surface area contributed by atoms with Crippen LogP contribution in [-0.4, -0.2) is 64.2 Å². The van der Waals surface area contributed by atoms with Crippen LogP contribution in [0.4, 0.5) is 0 Å². The van der Waals surface area contributed by atoms with Crippen molar-refractivity contribution in [3.05, 3.63) is 52.5 Å².